The van der Waals surface area contributed by atoms with Crippen LogP contribution in [0.4, 0.5) is 0 Å². The topological polar surface area (TPSA) is 49.7 Å². The Hall–Kier alpha value is -1.06. The molecule has 2 unspecified atom stereocenters. The number of ether oxygens (including phenoxy) is 1. The van der Waals surface area contributed by atoms with Crippen molar-refractivity contribution in [3.8, 4) is 5.75 Å². The molecule has 0 aliphatic heterocycles. The molecule has 0 heterocycles. The van der Waals surface area contributed by atoms with Gasteiger partial charge in [0.2, 0.25) is 0 Å². The fourth-order valence-corrected chi connectivity index (χ4v) is 2.04. The summed E-state index contributed by atoms with van der Waals surface area (Å²) in [5, 5.41) is 19.2. The summed E-state index contributed by atoms with van der Waals surface area (Å²) in [7, 11) is 0. The summed E-state index contributed by atoms with van der Waals surface area (Å²) in [5.41, 5.74) is 2.07. The van der Waals surface area contributed by atoms with Crippen molar-refractivity contribution in [1.29, 1.82) is 0 Å². The minimum absolute atomic E-state index is 0.322. The van der Waals surface area contributed by atoms with Crippen molar-refractivity contribution < 1.29 is 14.9 Å². The quantitative estimate of drug-likeness (QED) is 0.817. The third kappa shape index (κ3) is 2.20. The van der Waals surface area contributed by atoms with Gasteiger partial charge in [-0.05, 0) is 30.9 Å². The van der Waals surface area contributed by atoms with Gasteiger partial charge in [-0.15, -0.1) is 0 Å². The molecule has 88 valence electrons. The van der Waals surface area contributed by atoms with E-state index in [9.17, 15) is 10.2 Å². The number of benzene rings is 1. The minimum Gasteiger partial charge on any atom is -0.491 e. The largest absolute Gasteiger partial charge is 0.491 e. The molecule has 2 atom stereocenters. The van der Waals surface area contributed by atoms with E-state index < -0.39 is 6.10 Å². The highest BCUT2D eigenvalue weighted by Crippen LogP contribution is 2.36. The number of rotatable bonds is 4. The summed E-state index contributed by atoms with van der Waals surface area (Å²) in [6, 6.07) is 5.73. The fraction of sp³-hybridized carbons (Fsp3) is 0.538. The van der Waals surface area contributed by atoms with Crippen LogP contribution in [-0.4, -0.2) is 22.9 Å². The molecule has 1 aliphatic carbocycles. The molecule has 2 rings (SSSR count). The van der Waals surface area contributed by atoms with E-state index in [-0.39, 0.29) is 6.10 Å². The second kappa shape index (κ2) is 4.85. The first-order valence-corrected chi connectivity index (χ1v) is 5.83. The number of fused-ring (bicyclic) bond motifs is 1. The highest BCUT2D eigenvalue weighted by Gasteiger charge is 2.23. The van der Waals surface area contributed by atoms with E-state index in [0.29, 0.717) is 13.0 Å². The number of aliphatic hydroxyl groups is 2. The number of hydrogen-bond acceptors (Lipinski definition) is 3. The molecule has 0 saturated heterocycles. The molecule has 1 aromatic rings. The molecule has 0 radical (unpaired) electrons. The van der Waals surface area contributed by atoms with Crippen molar-refractivity contribution in [2.45, 2.75) is 38.4 Å². The van der Waals surface area contributed by atoms with Crippen LogP contribution in [0.15, 0.2) is 18.2 Å². The SMILES string of the molecule is CCC(O)COc1cccc2c1CCC2O. The second-order valence-corrected chi connectivity index (χ2v) is 4.25. The normalized spacial score (nSPS) is 20.6. The molecule has 2 N–H and O–H groups in total. The van der Waals surface area contributed by atoms with Crippen LogP contribution in [-0.2, 0) is 6.42 Å². The van der Waals surface area contributed by atoms with E-state index >= 15 is 0 Å². The first-order valence-electron chi connectivity index (χ1n) is 5.83. The van der Waals surface area contributed by atoms with Gasteiger partial charge in [-0.1, -0.05) is 19.1 Å². The Morgan fingerprint density at radius 3 is 3.06 bits per heavy atom. The zero-order chi connectivity index (χ0) is 11.5. The summed E-state index contributed by atoms with van der Waals surface area (Å²) >= 11 is 0. The minimum atomic E-state index is -0.415. The lowest BCUT2D eigenvalue weighted by molar-refractivity contribution is 0.104. The van der Waals surface area contributed by atoms with Gasteiger partial charge in [0.25, 0.3) is 0 Å². The van der Waals surface area contributed by atoms with Crippen LogP contribution >= 0.6 is 0 Å². The molecular weight excluding hydrogens is 204 g/mol. The van der Waals surface area contributed by atoms with Crippen molar-refractivity contribution >= 4 is 0 Å². The predicted molar refractivity (Wildman–Crippen MR) is 61.5 cm³/mol. The zero-order valence-corrected chi connectivity index (χ0v) is 9.52. The summed E-state index contributed by atoms with van der Waals surface area (Å²) in [4.78, 5) is 0. The van der Waals surface area contributed by atoms with Crippen LogP contribution in [0.2, 0.25) is 0 Å². The Morgan fingerprint density at radius 1 is 1.50 bits per heavy atom. The first-order chi connectivity index (χ1) is 7.72. The van der Waals surface area contributed by atoms with Gasteiger partial charge in [0.15, 0.2) is 0 Å². The van der Waals surface area contributed by atoms with Crippen molar-refractivity contribution in [2.75, 3.05) is 6.61 Å². The first kappa shape index (κ1) is 11.4. The van der Waals surface area contributed by atoms with Crippen LogP contribution < -0.4 is 4.74 Å². The van der Waals surface area contributed by atoms with E-state index in [1.807, 2.05) is 25.1 Å². The van der Waals surface area contributed by atoms with Gasteiger partial charge in [-0.3, -0.25) is 0 Å². The summed E-state index contributed by atoms with van der Waals surface area (Å²) < 4.78 is 5.59. The van der Waals surface area contributed by atoms with Crippen LogP contribution in [0.5, 0.6) is 5.75 Å². The molecule has 16 heavy (non-hydrogen) atoms. The second-order valence-electron chi connectivity index (χ2n) is 4.25. The van der Waals surface area contributed by atoms with Crippen LogP contribution in [0, 0.1) is 0 Å². The highest BCUT2D eigenvalue weighted by molar-refractivity contribution is 5.44. The molecule has 3 nitrogen and oxygen atoms in total. The molecule has 0 amide bonds. The maximum atomic E-state index is 9.72. The van der Waals surface area contributed by atoms with Gasteiger partial charge in [-0.25, -0.2) is 0 Å². The average molecular weight is 222 g/mol. The third-order valence-corrected chi connectivity index (χ3v) is 3.10. The van der Waals surface area contributed by atoms with E-state index in [1.165, 1.54) is 0 Å². The standard InChI is InChI=1S/C13H18O3/c1-2-9(14)8-16-13-5-3-4-10-11(13)6-7-12(10)15/h3-5,9,12,14-15H,2,6-8H2,1H3. The van der Waals surface area contributed by atoms with Gasteiger partial charge in [-0.2, -0.15) is 0 Å². The Morgan fingerprint density at radius 2 is 2.31 bits per heavy atom. The molecule has 0 bridgehead atoms. The molecule has 1 aromatic carbocycles. The van der Waals surface area contributed by atoms with Gasteiger partial charge in [0.1, 0.15) is 12.4 Å². The van der Waals surface area contributed by atoms with Crippen LogP contribution in [0.1, 0.15) is 37.0 Å². The van der Waals surface area contributed by atoms with E-state index in [1.54, 1.807) is 0 Å². The van der Waals surface area contributed by atoms with Crippen molar-refractivity contribution in [2.24, 2.45) is 0 Å². The van der Waals surface area contributed by atoms with E-state index in [2.05, 4.69) is 0 Å². The van der Waals surface area contributed by atoms with Crippen molar-refractivity contribution in [1.82, 2.24) is 0 Å². The fourth-order valence-electron chi connectivity index (χ4n) is 2.04. The Balaban J connectivity index is 2.11. The smallest absolute Gasteiger partial charge is 0.122 e. The maximum Gasteiger partial charge on any atom is 0.122 e. The zero-order valence-electron chi connectivity index (χ0n) is 9.52. The third-order valence-electron chi connectivity index (χ3n) is 3.10. The predicted octanol–water partition coefficient (Wildman–Crippen LogP) is 1.82. The molecular formula is C13H18O3. The summed E-state index contributed by atoms with van der Waals surface area (Å²) in [5.74, 6) is 0.807. The monoisotopic (exact) mass is 222 g/mol. The highest BCUT2D eigenvalue weighted by atomic mass is 16.5. The Kier molecular flexibility index (Phi) is 3.46. The lowest BCUT2D eigenvalue weighted by Gasteiger charge is -2.13. The van der Waals surface area contributed by atoms with E-state index in [0.717, 1.165) is 29.7 Å². The van der Waals surface area contributed by atoms with Crippen molar-refractivity contribution in [3.05, 3.63) is 29.3 Å². The van der Waals surface area contributed by atoms with Crippen molar-refractivity contribution in [3.63, 3.8) is 0 Å². The molecule has 3 heteroatoms. The molecule has 0 saturated carbocycles. The number of aliphatic hydroxyl groups excluding tert-OH is 2. The maximum absolute atomic E-state index is 9.72. The van der Waals surface area contributed by atoms with Gasteiger partial charge in [0, 0.05) is 5.56 Å². The Bertz CT molecular complexity index is 362. The van der Waals surface area contributed by atoms with E-state index in [4.69, 9.17) is 4.74 Å². The lowest BCUT2D eigenvalue weighted by Crippen LogP contribution is -2.16. The number of hydrogen-bond donors (Lipinski definition) is 2. The van der Waals surface area contributed by atoms with Crippen LogP contribution in [0.25, 0.3) is 0 Å². The molecule has 0 fully saturated rings. The van der Waals surface area contributed by atoms with Gasteiger partial charge < -0.3 is 14.9 Å². The summed E-state index contributed by atoms with van der Waals surface area (Å²) in [6.07, 6.45) is 1.55. The lowest BCUT2D eigenvalue weighted by atomic mass is 10.1. The molecule has 0 aromatic heterocycles. The average Bonchev–Trinajstić information content (AvgIpc) is 2.69. The van der Waals surface area contributed by atoms with Crippen LogP contribution in [0.3, 0.4) is 0 Å². The van der Waals surface area contributed by atoms with Gasteiger partial charge in [0.05, 0.1) is 12.2 Å². The van der Waals surface area contributed by atoms with Gasteiger partial charge >= 0.3 is 0 Å². The summed E-state index contributed by atoms with van der Waals surface area (Å²) in [6.45, 7) is 2.25. The Labute approximate surface area is 95.7 Å². The molecule has 1 aliphatic rings. The molecule has 0 spiro atoms.